The molecule has 0 fully saturated rings. The summed E-state index contributed by atoms with van der Waals surface area (Å²) in [4.78, 5) is 22.2. The molecule has 0 N–H and O–H groups in total. The molecule has 0 unspecified atom stereocenters. The average molecular weight is 307 g/mol. The van der Waals surface area contributed by atoms with Crippen LogP contribution in [0.1, 0.15) is 17.3 Å². The Kier molecular flexibility index (Phi) is 4.45. The lowest BCUT2D eigenvalue weighted by Crippen LogP contribution is -2.24. The van der Waals surface area contributed by atoms with Gasteiger partial charge < -0.3 is 4.74 Å². The molecule has 2 aromatic rings. The molecule has 7 heteroatoms. The highest BCUT2D eigenvalue weighted by atomic mass is 19.2. The molecule has 0 heterocycles. The van der Waals surface area contributed by atoms with Crippen LogP contribution in [0.5, 0.6) is 5.75 Å². The van der Waals surface area contributed by atoms with Crippen LogP contribution < -0.4 is 4.74 Å². The number of carbonyl (C=O) groups is 1. The van der Waals surface area contributed by atoms with Crippen LogP contribution in [0.2, 0.25) is 0 Å². The van der Waals surface area contributed by atoms with Gasteiger partial charge in [0.1, 0.15) is 5.75 Å². The zero-order valence-electron chi connectivity index (χ0n) is 11.5. The summed E-state index contributed by atoms with van der Waals surface area (Å²) >= 11 is 0. The second-order valence-corrected chi connectivity index (χ2v) is 4.51. The molecule has 0 bridgehead atoms. The SMILES string of the molecule is C[C@H](Oc1cccc([N+](=O)[O-])c1)C(=O)c1ccc(F)c(F)c1. The lowest BCUT2D eigenvalue weighted by Gasteiger charge is -2.13. The Bertz CT molecular complexity index is 733. The highest BCUT2D eigenvalue weighted by Gasteiger charge is 2.19. The van der Waals surface area contributed by atoms with Crippen molar-refractivity contribution >= 4 is 11.5 Å². The van der Waals surface area contributed by atoms with Gasteiger partial charge >= 0.3 is 0 Å². The van der Waals surface area contributed by atoms with E-state index in [2.05, 4.69) is 0 Å². The summed E-state index contributed by atoms with van der Waals surface area (Å²) < 4.78 is 31.3. The first-order chi connectivity index (χ1) is 10.4. The summed E-state index contributed by atoms with van der Waals surface area (Å²) in [5, 5.41) is 10.7. The first-order valence-corrected chi connectivity index (χ1v) is 6.29. The van der Waals surface area contributed by atoms with Crippen molar-refractivity contribution in [2.24, 2.45) is 0 Å². The molecule has 22 heavy (non-hydrogen) atoms. The van der Waals surface area contributed by atoms with Gasteiger partial charge in [-0.3, -0.25) is 14.9 Å². The number of ketones is 1. The maximum Gasteiger partial charge on any atom is 0.273 e. The number of halogens is 2. The van der Waals surface area contributed by atoms with Crippen LogP contribution in [0, 0.1) is 21.7 Å². The van der Waals surface area contributed by atoms with Gasteiger partial charge in [-0.05, 0) is 31.2 Å². The normalized spacial score (nSPS) is 11.8. The number of non-ortho nitro benzene ring substituents is 1. The summed E-state index contributed by atoms with van der Waals surface area (Å²) in [6.45, 7) is 1.42. The van der Waals surface area contributed by atoms with Crippen LogP contribution in [0.15, 0.2) is 42.5 Å². The number of Topliss-reactive ketones (excluding diaryl/α,β-unsaturated/α-hetero) is 1. The molecule has 2 rings (SSSR count). The standard InChI is InChI=1S/C15H11F2NO4/c1-9(15(19)10-5-6-13(16)14(17)7-10)22-12-4-2-3-11(8-12)18(20)21/h2-9H,1H3/t9-/m0/s1. The number of carbonyl (C=O) groups excluding carboxylic acids is 1. The fourth-order valence-electron chi connectivity index (χ4n) is 1.81. The van der Waals surface area contributed by atoms with E-state index in [-0.39, 0.29) is 17.0 Å². The fourth-order valence-corrected chi connectivity index (χ4v) is 1.81. The van der Waals surface area contributed by atoms with E-state index in [0.717, 1.165) is 18.2 Å². The minimum atomic E-state index is -1.13. The number of nitro benzene ring substituents is 1. The van der Waals surface area contributed by atoms with Crippen LogP contribution in [-0.4, -0.2) is 16.8 Å². The topological polar surface area (TPSA) is 69.4 Å². The first kappa shape index (κ1) is 15.6. The predicted octanol–water partition coefficient (Wildman–Crippen LogP) is 3.52. The van der Waals surface area contributed by atoms with Crippen molar-refractivity contribution in [1.82, 2.24) is 0 Å². The number of hydrogen-bond donors (Lipinski definition) is 0. The van der Waals surface area contributed by atoms with Crippen LogP contribution in [0.4, 0.5) is 14.5 Å². The summed E-state index contributed by atoms with van der Waals surface area (Å²) in [7, 11) is 0. The summed E-state index contributed by atoms with van der Waals surface area (Å²) in [5.41, 5.74) is -0.221. The second-order valence-electron chi connectivity index (χ2n) is 4.51. The van der Waals surface area contributed by atoms with Gasteiger partial charge in [-0.25, -0.2) is 8.78 Å². The second kappa shape index (κ2) is 6.30. The molecule has 5 nitrogen and oxygen atoms in total. The summed E-state index contributed by atoms with van der Waals surface area (Å²) in [6.07, 6.45) is -1.01. The number of ether oxygens (including phenoxy) is 1. The molecular weight excluding hydrogens is 296 g/mol. The third kappa shape index (κ3) is 3.43. The van der Waals surface area contributed by atoms with E-state index in [9.17, 15) is 23.7 Å². The lowest BCUT2D eigenvalue weighted by molar-refractivity contribution is -0.384. The monoisotopic (exact) mass is 307 g/mol. The van der Waals surface area contributed by atoms with Crippen molar-refractivity contribution in [3.05, 3.63) is 69.8 Å². The van der Waals surface area contributed by atoms with E-state index < -0.39 is 28.4 Å². The van der Waals surface area contributed by atoms with E-state index in [1.807, 2.05) is 0 Å². The quantitative estimate of drug-likeness (QED) is 0.481. The third-order valence-corrected chi connectivity index (χ3v) is 2.91. The number of hydrogen-bond acceptors (Lipinski definition) is 4. The molecule has 0 saturated carbocycles. The number of nitro groups is 1. The molecule has 0 aromatic heterocycles. The van der Waals surface area contributed by atoms with E-state index >= 15 is 0 Å². The first-order valence-electron chi connectivity index (χ1n) is 6.29. The molecule has 2 aromatic carbocycles. The minimum Gasteiger partial charge on any atom is -0.482 e. The Labute approximate surface area is 124 Å². The number of nitrogens with zero attached hydrogens (tertiary/aromatic N) is 1. The number of rotatable bonds is 5. The highest BCUT2D eigenvalue weighted by Crippen LogP contribution is 2.21. The molecule has 1 atom stereocenters. The molecule has 0 aliphatic heterocycles. The molecule has 0 radical (unpaired) electrons. The van der Waals surface area contributed by atoms with Gasteiger partial charge in [0, 0.05) is 11.6 Å². The van der Waals surface area contributed by atoms with Gasteiger partial charge in [-0.15, -0.1) is 0 Å². The lowest BCUT2D eigenvalue weighted by atomic mass is 10.1. The smallest absolute Gasteiger partial charge is 0.273 e. The van der Waals surface area contributed by atoms with Gasteiger partial charge in [0.2, 0.25) is 5.78 Å². The molecule has 0 amide bonds. The number of benzene rings is 2. The summed E-state index contributed by atoms with van der Waals surface area (Å²) in [6, 6.07) is 8.12. The Morgan fingerprint density at radius 2 is 1.91 bits per heavy atom. The molecule has 0 spiro atoms. The largest absolute Gasteiger partial charge is 0.482 e. The van der Waals surface area contributed by atoms with Crippen molar-refractivity contribution in [1.29, 1.82) is 0 Å². The van der Waals surface area contributed by atoms with Gasteiger partial charge in [0.15, 0.2) is 17.7 Å². The van der Waals surface area contributed by atoms with E-state index in [1.54, 1.807) is 0 Å². The Balaban J connectivity index is 2.16. The predicted molar refractivity (Wildman–Crippen MR) is 73.9 cm³/mol. The Morgan fingerprint density at radius 1 is 1.18 bits per heavy atom. The molecule has 0 aliphatic carbocycles. The average Bonchev–Trinajstić information content (AvgIpc) is 2.49. The van der Waals surface area contributed by atoms with Crippen molar-refractivity contribution in [3.8, 4) is 5.75 Å². The van der Waals surface area contributed by atoms with Crippen molar-refractivity contribution < 1.29 is 23.2 Å². The van der Waals surface area contributed by atoms with Crippen LogP contribution in [-0.2, 0) is 0 Å². The van der Waals surface area contributed by atoms with Gasteiger partial charge in [0.25, 0.3) is 5.69 Å². The van der Waals surface area contributed by atoms with Crippen molar-refractivity contribution in [3.63, 3.8) is 0 Å². The molecule has 114 valence electrons. The molecule has 0 aliphatic rings. The molecule has 0 saturated heterocycles. The van der Waals surface area contributed by atoms with Gasteiger partial charge in [-0.2, -0.15) is 0 Å². The Morgan fingerprint density at radius 3 is 2.55 bits per heavy atom. The van der Waals surface area contributed by atoms with E-state index in [0.29, 0.717) is 0 Å². The maximum absolute atomic E-state index is 13.1. The van der Waals surface area contributed by atoms with Crippen LogP contribution in [0.3, 0.4) is 0 Å². The van der Waals surface area contributed by atoms with Gasteiger partial charge in [0.05, 0.1) is 11.0 Å². The zero-order chi connectivity index (χ0) is 16.3. The maximum atomic E-state index is 13.1. The zero-order valence-corrected chi connectivity index (χ0v) is 11.5. The van der Waals surface area contributed by atoms with E-state index in [1.165, 1.54) is 31.2 Å². The Hall–Kier alpha value is -2.83. The van der Waals surface area contributed by atoms with Gasteiger partial charge in [-0.1, -0.05) is 6.07 Å². The highest BCUT2D eigenvalue weighted by molar-refractivity contribution is 5.99. The fraction of sp³-hybridized carbons (Fsp3) is 0.133. The van der Waals surface area contributed by atoms with Crippen molar-refractivity contribution in [2.45, 2.75) is 13.0 Å². The van der Waals surface area contributed by atoms with E-state index in [4.69, 9.17) is 4.74 Å². The van der Waals surface area contributed by atoms with Crippen LogP contribution in [0.25, 0.3) is 0 Å². The van der Waals surface area contributed by atoms with Crippen LogP contribution >= 0.6 is 0 Å². The summed E-state index contributed by atoms with van der Waals surface area (Å²) in [5.74, 6) is -2.61. The third-order valence-electron chi connectivity index (χ3n) is 2.91. The van der Waals surface area contributed by atoms with Crippen molar-refractivity contribution in [2.75, 3.05) is 0 Å². The minimum absolute atomic E-state index is 0.0446. The molecular formula is C15H11F2NO4.